The number of hydrogen-bond acceptors (Lipinski definition) is 5. The van der Waals surface area contributed by atoms with E-state index in [2.05, 4.69) is 6.08 Å². The Labute approximate surface area is 189 Å². The van der Waals surface area contributed by atoms with Crippen molar-refractivity contribution >= 4 is 23.0 Å². The Bertz CT molecular complexity index is 1510. The predicted molar refractivity (Wildman–Crippen MR) is 126 cm³/mol. The average Bonchev–Trinajstić information content (AvgIpc) is 2.83. The number of benzene rings is 3. The lowest BCUT2D eigenvalue weighted by molar-refractivity contribution is -0.135. The molecule has 3 aromatic carbocycles. The number of carbonyl (C=O) groups excluding carboxylic acids is 1. The minimum Gasteiger partial charge on any atom is -0.489 e. The van der Waals surface area contributed by atoms with E-state index in [4.69, 9.17) is 13.9 Å². The summed E-state index contributed by atoms with van der Waals surface area (Å²) in [7, 11) is 0. The van der Waals surface area contributed by atoms with Crippen LogP contribution in [0.25, 0.3) is 28.2 Å². The predicted octanol–water partition coefficient (Wildman–Crippen LogP) is 5.64. The molecule has 4 aromatic rings. The van der Waals surface area contributed by atoms with Gasteiger partial charge in [0.1, 0.15) is 23.7 Å². The summed E-state index contributed by atoms with van der Waals surface area (Å²) >= 11 is 0. The molecule has 2 aliphatic heterocycles. The Kier molecular flexibility index (Phi) is 4.44. The second-order valence-corrected chi connectivity index (χ2v) is 8.43. The zero-order valence-corrected chi connectivity index (χ0v) is 18.0. The molecule has 6 rings (SSSR count). The van der Waals surface area contributed by atoms with Crippen molar-refractivity contribution in [2.24, 2.45) is 0 Å². The number of aryl methyl sites for hydroxylation is 1. The van der Waals surface area contributed by atoms with E-state index < -0.39 is 5.63 Å². The van der Waals surface area contributed by atoms with E-state index in [9.17, 15) is 9.59 Å². The summed E-state index contributed by atoms with van der Waals surface area (Å²) in [6.45, 7) is 2.36. The van der Waals surface area contributed by atoms with Gasteiger partial charge in [-0.2, -0.15) is 0 Å². The van der Waals surface area contributed by atoms with Gasteiger partial charge in [-0.15, -0.1) is 0 Å². The summed E-state index contributed by atoms with van der Waals surface area (Å²) in [5.74, 6) is 0.802. The minimum absolute atomic E-state index is 0.186. The highest BCUT2D eigenvalue weighted by Gasteiger charge is 2.35. The van der Waals surface area contributed by atoms with Crippen molar-refractivity contribution in [1.29, 1.82) is 0 Å². The van der Waals surface area contributed by atoms with E-state index in [-0.39, 0.29) is 18.3 Å². The summed E-state index contributed by atoms with van der Waals surface area (Å²) < 4.78 is 17.4. The van der Waals surface area contributed by atoms with Crippen LogP contribution in [0.3, 0.4) is 0 Å². The number of rotatable bonds is 2. The van der Waals surface area contributed by atoms with Crippen LogP contribution in [0.5, 0.6) is 11.5 Å². The van der Waals surface area contributed by atoms with Gasteiger partial charge in [-0.1, -0.05) is 48.5 Å². The summed E-state index contributed by atoms with van der Waals surface area (Å²) in [4.78, 5) is 25.2. The fourth-order valence-electron chi connectivity index (χ4n) is 4.90. The van der Waals surface area contributed by atoms with E-state index >= 15 is 0 Å². The van der Waals surface area contributed by atoms with Gasteiger partial charge in [0.25, 0.3) is 0 Å². The Morgan fingerprint density at radius 2 is 1.73 bits per heavy atom. The molecule has 0 saturated carbocycles. The van der Waals surface area contributed by atoms with Crippen LogP contribution in [0.15, 0.2) is 81.5 Å². The third-order valence-corrected chi connectivity index (χ3v) is 6.35. The maximum atomic E-state index is 12.8. The molecule has 0 aliphatic carbocycles. The van der Waals surface area contributed by atoms with Crippen LogP contribution in [0.2, 0.25) is 0 Å². The van der Waals surface area contributed by atoms with Gasteiger partial charge in [0.2, 0.25) is 0 Å². The topological polar surface area (TPSA) is 65.7 Å². The van der Waals surface area contributed by atoms with Crippen molar-refractivity contribution < 1.29 is 18.7 Å². The van der Waals surface area contributed by atoms with Gasteiger partial charge in [0, 0.05) is 28.7 Å². The lowest BCUT2D eigenvalue weighted by Crippen LogP contribution is -2.25. The first-order chi connectivity index (χ1) is 16.1. The lowest BCUT2D eigenvalue weighted by Gasteiger charge is -2.31. The largest absolute Gasteiger partial charge is 0.489 e. The molecular weight excluding hydrogens is 416 g/mol. The summed E-state index contributed by atoms with van der Waals surface area (Å²) in [6, 6.07) is 20.8. The van der Waals surface area contributed by atoms with Crippen molar-refractivity contribution in [1.82, 2.24) is 0 Å². The lowest BCUT2D eigenvalue weighted by atomic mass is 9.81. The van der Waals surface area contributed by atoms with Crippen LogP contribution in [0, 0.1) is 6.92 Å². The van der Waals surface area contributed by atoms with Crippen LogP contribution in [0.1, 0.15) is 29.0 Å². The second-order valence-electron chi connectivity index (χ2n) is 8.43. The van der Waals surface area contributed by atoms with Crippen molar-refractivity contribution in [2.75, 3.05) is 6.61 Å². The second kappa shape index (κ2) is 7.48. The van der Waals surface area contributed by atoms with Crippen LogP contribution >= 0.6 is 0 Å². The van der Waals surface area contributed by atoms with Gasteiger partial charge in [-0.3, -0.25) is 4.79 Å². The molecule has 1 unspecified atom stereocenters. The number of para-hydroxylation sites is 1. The molecule has 0 bridgehead atoms. The van der Waals surface area contributed by atoms with E-state index in [0.717, 1.165) is 33.6 Å². The zero-order valence-electron chi connectivity index (χ0n) is 18.0. The van der Waals surface area contributed by atoms with Gasteiger partial charge < -0.3 is 13.9 Å². The van der Waals surface area contributed by atoms with Gasteiger partial charge in [0.05, 0.1) is 11.8 Å². The SMILES string of the molecule is Cc1cc2oc(=O)cc(-c3ccccc3)c2c2c1C(C1=Cc3ccccc3OC1)CC(=O)O2. The van der Waals surface area contributed by atoms with Crippen LogP contribution in [-0.4, -0.2) is 12.6 Å². The summed E-state index contributed by atoms with van der Waals surface area (Å²) in [5, 5.41) is 0.636. The highest BCUT2D eigenvalue weighted by molar-refractivity contribution is 6.01. The van der Waals surface area contributed by atoms with Crippen LogP contribution in [0.4, 0.5) is 0 Å². The smallest absolute Gasteiger partial charge is 0.336 e. The molecule has 0 spiro atoms. The summed E-state index contributed by atoms with van der Waals surface area (Å²) in [5.41, 5.74) is 5.36. The molecule has 0 radical (unpaired) electrons. The molecule has 2 aliphatic rings. The first-order valence-electron chi connectivity index (χ1n) is 10.9. The number of ether oxygens (including phenoxy) is 2. The molecule has 33 heavy (non-hydrogen) atoms. The maximum Gasteiger partial charge on any atom is 0.336 e. The van der Waals surface area contributed by atoms with Gasteiger partial charge >= 0.3 is 11.6 Å². The molecule has 0 saturated heterocycles. The third-order valence-electron chi connectivity index (χ3n) is 6.35. The molecule has 1 aromatic heterocycles. The number of hydrogen-bond donors (Lipinski definition) is 0. The van der Waals surface area contributed by atoms with Gasteiger partial charge in [0.15, 0.2) is 0 Å². The fourth-order valence-corrected chi connectivity index (χ4v) is 4.90. The van der Waals surface area contributed by atoms with E-state index in [0.29, 0.717) is 28.9 Å². The third kappa shape index (κ3) is 3.24. The van der Waals surface area contributed by atoms with Crippen LogP contribution < -0.4 is 15.1 Å². The minimum atomic E-state index is -0.445. The molecule has 0 fully saturated rings. The quantitative estimate of drug-likeness (QED) is 0.231. The standard InChI is InChI=1S/C28H20O5/c1-16-11-23-27(20(13-24(29)32-23)17-7-3-2-4-8-17)28-26(16)21(14-25(30)33-28)19-12-18-9-5-6-10-22(18)31-15-19/h2-13,21H,14-15H2,1H3. The van der Waals surface area contributed by atoms with Crippen molar-refractivity contribution in [3.63, 3.8) is 0 Å². The van der Waals surface area contributed by atoms with E-state index in [1.165, 1.54) is 6.07 Å². The highest BCUT2D eigenvalue weighted by atomic mass is 16.5. The molecule has 5 heteroatoms. The normalized spacial score (nSPS) is 16.9. The number of fused-ring (bicyclic) bond motifs is 4. The number of carbonyl (C=O) groups is 1. The van der Waals surface area contributed by atoms with E-state index in [1.54, 1.807) is 0 Å². The molecule has 162 valence electrons. The fraction of sp³-hybridized carbons (Fsp3) is 0.143. The van der Waals surface area contributed by atoms with Gasteiger partial charge in [-0.25, -0.2) is 4.79 Å². The molecule has 5 nitrogen and oxygen atoms in total. The maximum absolute atomic E-state index is 12.8. The first-order valence-corrected chi connectivity index (χ1v) is 10.9. The van der Waals surface area contributed by atoms with Crippen LogP contribution in [-0.2, 0) is 4.79 Å². The molecule has 1 atom stereocenters. The highest BCUT2D eigenvalue weighted by Crippen LogP contribution is 2.48. The Morgan fingerprint density at radius 1 is 0.939 bits per heavy atom. The van der Waals surface area contributed by atoms with Crippen molar-refractivity contribution in [2.45, 2.75) is 19.3 Å². The molecule has 0 N–H and O–H groups in total. The Morgan fingerprint density at radius 3 is 2.58 bits per heavy atom. The van der Waals surface area contributed by atoms with Crippen molar-refractivity contribution in [3.8, 4) is 22.6 Å². The monoisotopic (exact) mass is 436 g/mol. The average molecular weight is 436 g/mol. The first kappa shape index (κ1) is 19.6. The van der Waals surface area contributed by atoms with Gasteiger partial charge in [-0.05, 0) is 41.8 Å². The zero-order chi connectivity index (χ0) is 22.5. The van der Waals surface area contributed by atoms with E-state index in [1.807, 2.05) is 67.6 Å². The summed E-state index contributed by atoms with van der Waals surface area (Å²) in [6.07, 6.45) is 2.34. The molecule has 3 heterocycles. The Hall–Kier alpha value is -4.12. The molecular formula is C28H20O5. The van der Waals surface area contributed by atoms with Crippen molar-refractivity contribution in [3.05, 3.63) is 99.4 Å². The Balaban J connectivity index is 1.62. The number of esters is 1. The molecule has 0 amide bonds.